The second-order valence-electron chi connectivity index (χ2n) is 5.30. The van der Waals surface area contributed by atoms with Crippen molar-refractivity contribution in [3.63, 3.8) is 0 Å². The number of methoxy groups -OCH3 is 1. The van der Waals surface area contributed by atoms with Gasteiger partial charge in [0.05, 0.1) is 29.3 Å². The van der Waals surface area contributed by atoms with Gasteiger partial charge < -0.3 is 10.1 Å². The quantitative estimate of drug-likeness (QED) is 0.839. The van der Waals surface area contributed by atoms with Crippen LogP contribution in [0.15, 0.2) is 42.5 Å². The van der Waals surface area contributed by atoms with Crippen molar-refractivity contribution in [3.8, 4) is 5.75 Å². The maximum atomic E-state index is 12.6. The second kappa shape index (κ2) is 6.71. The van der Waals surface area contributed by atoms with Crippen molar-refractivity contribution in [1.82, 2.24) is 0 Å². The van der Waals surface area contributed by atoms with Crippen LogP contribution in [0.1, 0.15) is 6.42 Å². The summed E-state index contributed by atoms with van der Waals surface area (Å²) in [6.07, 6.45) is 0.0658. The van der Waals surface area contributed by atoms with Crippen molar-refractivity contribution in [2.75, 3.05) is 17.3 Å². The molecule has 0 unspecified atom stereocenters. The molecule has 2 aromatic carbocycles. The molecule has 0 saturated carbocycles. The molecule has 1 N–H and O–H groups in total. The van der Waals surface area contributed by atoms with E-state index in [0.717, 1.165) is 4.90 Å². The highest BCUT2D eigenvalue weighted by molar-refractivity contribution is 6.42. The van der Waals surface area contributed by atoms with Gasteiger partial charge in [0.1, 0.15) is 11.8 Å². The van der Waals surface area contributed by atoms with Crippen LogP contribution in [0.5, 0.6) is 5.75 Å². The highest BCUT2D eigenvalue weighted by Crippen LogP contribution is 2.29. The van der Waals surface area contributed by atoms with Crippen molar-refractivity contribution >= 4 is 46.4 Å². The Bertz CT molecular complexity index is 810. The van der Waals surface area contributed by atoms with Gasteiger partial charge in [-0.2, -0.15) is 0 Å². The van der Waals surface area contributed by atoms with Gasteiger partial charge in [-0.3, -0.25) is 9.59 Å². The largest absolute Gasteiger partial charge is 0.497 e. The monoisotopic (exact) mass is 364 g/mol. The van der Waals surface area contributed by atoms with Crippen LogP contribution >= 0.6 is 23.2 Å². The number of halogens is 2. The molecule has 24 heavy (non-hydrogen) atoms. The number of nitrogens with zero attached hydrogens (tertiary/aromatic N) is 1. The molecular weight excluding hydrogens is 351 g/mol. The van der Waals surface area contributed by atoms with Gasteiger partial charge in [-0.25, -0.2) is 4.90 Å². The summed E-state index contributed by atoms with van der Waals surface area (Å²) in [6, 6.07) is 11.1. The Morgan fingerprint density at radius 3 is 2.62 bits per heavy atom. The Morgan fingerprint density at radius 2 is 1.92 bits per heavy atom. The number of hydrogen-bond donors (Lipinski definition) is 1. The van der Waals surface area contributed by atoms with Gasteiger partial charge in [-0.05, 0) is 30.3 Å². The number of hydrogen-bond acceptors (Lipinski definition) is 4. The Balaban J connectivity index is 1.82. The summed E-state index contributed by atoms with van der Waals surface area (Å²) in [6.45, 7) is 0. The predicted octanol–water partition coefficient (Wildman–Crippen LogP) is 3.75. The molecule has 2 amide bonds. The normalized spacial score (nSPS) is 17.3. The van der Waals surface area contributed by atoms with Gasteiger partial charge in [-0.1, -0.05) is 29.3 Å². The first kappa shape index (κ1) is 16.6. The zero-order chi connectivity index (χ0) is 17.3. The van der Waals surface area contributed by atoms with Gasteiger partial charge in [0.2, 0.25) is 5.91 Å². The van der Waals surface area contributed by atoms with Crippen LogP contribution in [0.4, 0.5) is 11.4 Å². The third kappa shape index (κ3) is 3.18. The average molecular weight is 365 g/mol. The van der Waals surface area contributed by atoms with Crippen LogP contribution in [0.25, 0.3) is 0 Å². The Labute approximate surface area is 149 Å². The van der Waals surface area contributed by atoms with E-state index in [0.29, 0.717) is 27.2 Å². The Morgan fingerprint density at radius 1 is 1.12 bits per heavy atom. The molecule has 1 saturated heterocycles. The van der Waals surface area contributed by atoms with E-state index in [9.17, 15) is 9.59 Å². The molecular formula is C17H14Cl2N2O3. The van der Waals surface area contributed by atoms with Crippen molar-refractivity contribution < 1.29 is 14.3 Å². The van der Waals surface area contributed by atoms with E-state index in [1.54, 1.807) is 42.5 Å². The molecule has 1 aliphatic heterocycles. The van der Waals surface area contributed by atoms with Crippen LogP contribution < -0.4 is 15.0 Å². The maximum Gasteiger partial charge on any atom is 0.256 e. The smallest absolute Gasteiger partial charge is 0.256 e. The van der Waals surface area contributed by atoms with Crippen molar-refractivity contribution in [2.24, 2.45) is 0 Å². The first-order valence-electron chi connectivity index (χ1n) is 7.22. The minimum atomic E-state index is -0.652. The van der Waals surface area contributed by atoms with Gasteiger partial charge in [0, 0.05) is 11.8 Å². The molecule has 7 heteroatoms. The number of rotatable bonds is 4. The highest BCUT2D eigenvalue weighted by Gasteiger charge is 2.39. The van der Waals surface area contributed by atoms with E-state index in [-0.39, 0.29) is 18.2 Å². The van der Waals surface area contributed by atoms with Gasteiger partial charge in [0.25, 0.3) is 5.91 Å². The predicted molar refractivity (Wildman–Crippen MR) is 94.0 cm³/mol. The molecule has 0 aromatic heterocycles. The molecule has 1 fully saturated rings. The summed E-state index contributed by atoms with van der Waals surface area (Å²) < 4.78 is 5.14. The average Bonchev–Trinajstić information content (AvgIpc) is 2.85. The molecule has 0 bridgehead atoms. The van der Waals surface area contributed by atoms with Gasteiger partial charge >= 0.3 is 0 Å². The van der Waals surface area contributed by atoms with Crippen LogP contribution in [-0.4, -0.2) is 25.0 Å². The number of imide groups is 1. The lowest BCUT2D eigenvalue weighted by molar-refractivity contribution is -0.121. The molecule has 0 aliphatic carbocycles. The molecule has 2 aromatic rings. The van der Waals surface area contributed by atoms with E-state index in [1.165, 1.54) is 7.11 Å². The van der Waals surface area contributed by atoms with E-state index in [4.69, 9.17) is 27.9 Å². The first-order chi connectivity index (χ1) is 11.5. The van der Waals surface area contributed by atoms with Crippen LogP contribution in [-0.2, 0) is 9.59 Å². The minimum Gasteiger partial charge on any atom is -0.497 e. The maximum absolute atomic E-state index is 12.6. The molecule has 3 rings (SSSR count). The lowest BCUT2D eigenvalue weighted by Gasteiger charge is -2.17. The highest BCUT2D eigenvalue weighted by atomic mass is 35.5. The van der Waals surface area contributed by atoms with Gasteiger partial charge in [0.15, 0.2) is 0 Å². The van der Waals surface area contributed by atoms with Crippen LogP contribution in [0.2, 0.25) is 10.0 Å². The van der Waals surface area contributed by atoms with Crippen molar-refractivity contribution in [2.45, 2.75) is 12.5 Å². The number of benzene rings is 2. The third-order valence-electron chi connectivity index (χ3n) is 3.72. The molecule has 0 radical (unpaired) electrons. The summed E-state index contributed by atoms with van der Waals surface area (Å²) in [5, 5.41) is 3.83. The summed E-state index contributed by atoms with van der Waals surface area (Å²) >= 11 is 11.9. The molecule has 1 atom stereocenters. The van der Waals surface area contributed by atoms with Gasteiger partial charge in [-0.15, -0.1) is 0 Å². The Kier molecular flexibility index (Phi) is 4.64. The SMILES string of the molecule is COc1cccc(N2C(=O)C[C@H](Nc3ccc(Cl)c(Cl)c3)C2=O)c1. The molecule has 1 aliphatic rings. The van der Waals surface area contributed by atoms with Crippen molar-refractivity contribution in [1.29, 1.82) is 0 Å². The van der Waals surface area contributed by atoms with Crippen LogP contribution in [0.3, 0.4) is 0 Å². The fraction of sp³-hybridized carbons (Fsp3) is 0.176. The number of anilines is 2. The third-order valence-corrected chi connectivity index (χ3v) is 4.46. The summed E-state index contributed by atoms with van der Waals surface area (Å²) in [7, 11) is 1.53. The zero-order valence-electron chi connectivity index (χ0n) is 12.8. The summed E-state index contributed by atoms with van der Waals surface area (Å²) in [5.74, 6) is -0.0147. The van der Waals surface area contributed by atoms with Crippen molar-refractivity contribution in [3.05, 3.63) is 52.5 Å². The molecule has 0 spiro atoms. The molecule has 5 nitrogen and oxygen atoms in total. The Hall–Kier alpha value is -2.24. The molecule has 1 heterocycles. The number of carbonyl (C=O) groups is 2. The minimum absolute atomic E-state index is 0.0658. The number of carbonyl (C=O) groups excluding carboxylic acids is 2. The number of amides is 2. The summed E-state index contributed by atoms with van der Waals surface area (Å²) in [4.78, 5) is 26.1. The van der Waals surface area contributed by atoms with E-state index in [1.807, 2.05) is 0 Å². The fourth-order valence-corrected chi connectivity index (χ4v) is 2.85. The fourth-order valence-electron chi connectivity index (χ4n) is 2.55. The lowest BCUT2D eigenvalue weighted by atomic mass is 10.2. The zero-order valence-corrected chi connectivity index (χ0v) is 14.3. The van der Waals surface area contributed by atoms with E-state index < -0.39 is 6.04 Å². The van der Waals surface area contributed by atoms with E-state index in [2.05, 4.69) is 5.32 Å². The number of ether oxygens (including phenoxy) is 1. The van der Waals surface area contributed by atoms with E-state index >= 15 is 0 Å². The standard InChI is InChI=1S/C17H14Cl2N2O3/c1-24-12-4-2-3-11(8-12)21-16(22)9-15(17(21)23)20-10-5-6-13(18)14(19)7-10/h2-8,15,20H,9H2,1H3/t15-/m0/s1. The van der Waals surface area contributed by atoms with Crippen LogP contribution in [0, 0.1) is 0 Å². The summed E-state index contributed by atoms with van der Waals surface area (Å²) in [5.41, 5.74) is 1.12. The topological polar surface area (TPSA) is 58.6 Å². The lowest BCUT2D eigenvalue weighted by Crippen LogP contribution is -2.34. The second-order valence-corrected chi connectivity index (χ2v) is 6.11. The molecule has 124 valence electrons. The first-order valence-corrected chi connectivity index (χ1v) is 7.97. The number of nitrogens with one attached hydrogen (secondary N) is 1.